The van der Waals surface area contributed by atoms with Crippen LogP contribution in [0.2, 0.25) is 0 Å². The van der Waals surface area contributed by atoms with Crippen LogP contribution in [0.4, 0.5) is 5.82 Å². The van der Waals surface area contributed by atoms with Crippen molar-refractivity contribution in [3.05, 3.63) is 54.4 Å². The molecule has 0 aliphatic rings. The Balaban J connectivity index is 0.000000356. The predicted molar refractivity (Wildman–Crippen MR) is 112 cm³/mol. The highest BCUT2D eigenvalue weighted by atomic mass is 32.1. The molecule has 3 nitrogen and oxygen atoms in total. The molecular weight excluding hydrogens is 333 g/mol. The average molecular weight is 361 g/mol. The summed E-state index contributed by atoms with van der Waals surface area (Å²) in [6.45, 7) is 9.23. The van der Waals surface area contributed by atoms with E-state index in [-0.39, 0.29) is 0 Å². The first-order valence-corrected chi connectivity index (χ1v) is 10.9. The van der Waals surface area contributed by atoms with Gasteiger partial charge in [-0.2, -0.15) is 4.37 Å². The van der Waals surface area contributed by atoms with Crippen molar-refractivity contribution in [3.63, 3.8) is 0 Å². The fourth-order valence-electron chi connectivity index (χ4n) is 1.95. The van der Waals surface area contributed by atoms with Crippen molar-refractivity contribution in [2.75, 3.05) is 18.1 Å². The largest absolute Gasteiger partial charge is 0.365 e. The third-order valence-corrected chi connectivity index (χ3v) is 4.91. The lowest BCUT2D eigenvalue weighted by molar-refractivity contribution is 1.10. The standard InChI is InChI=1S/C13H11N3S.C4H11P.C2H6/c1-2-4-12-11(3-1)13(16-17-12)15-9-10-5-7-14-8-6-10;1-3-4-5-2;1-2/h1-8H,9H2,(H,15,16);5H,3-4H2,1-2H3;1-2H3. The van der Waals surface area contributed by atoms with Gasteiger partial charge in [0, 0.05) is 24.3 Å². The maximum atomic E-state index is 4.43. The summed E-state index contributed by atoms with van der Waals surface area (Å²) in [6.07, 6.45) is 6.38. The first kappa shape index (κ1) is 20.5. The van der Waals surface area contributed by atoms with Crippen LogP contribution in [0.25, 0.3) is 10.1 Å². The minimum atomic E-state index is 0.774. The molecule has 0 saturated carbocycles. The summed E-state index contributed by atoms with van der Waals surface area (Å²) in [5, 5.41) is 4.54. The van der Waals surface area contributed by atoms with Gasteiger partial charge < -0.3 is 5.32 Å². The zero-order valence-corrected chi connectivity index (χ0v) is 16.9. The van der Waals surface area contributed by atoms with Gasteiger partial charge in [0.05, 0.1) is 4.70 Å². The van der Waals surface area contributed by atoms with Crippen LogP contribution < -0.4 is 5.32 Å². The van der Waals surface area contributed by atoms with E-state index in [0.717, 1.165) is 20.9 Å². The molecule has 0 radical (unpaired) electrons. The Morgan fingerprint density at radius 2 is 1.79 bits per heavy atom. The maximum absolute atomic E-state index is 4.43. The van der Waals surface area contributed by atoms with Crippen molar-refractivity contribution >= 4 is 36.0 Å². The van der Waals surface area contributed by atoms with Crippen molar-refractivity contribution in [1.29, 1.82) is 0 Å². The van der Waals surface area contributed by atoms with Crippen LogP contribution in [0.3, 0.4) is 0 Å². The minimum Gasteiger partial charge on any atom is -0.365 e. The van der Waals surface area contributed by atoms with Crippen molar-refractivity contribution in [2.45, 2.75) is 33.7 Å². The molecule has 1 N–H and O–H groups in total. The summed E-state index contributed by atoms with van der Waals surface area (Å²) in [4.78, 5) is 4.00. The number of pyridine rings is 1. The van der Waals surface area contributed by atoms with Crippen LogP contribution in [-0.4, -0.2) is 22.2 Å². The third-order valence-electron chi connectivity index (χ3n) is 3.09. The molecule has 0 fully saturated rings. The van der Waals surface area contributed by atoms with Crippen LogP contribution in [0.1, 0.15) is 32.8 Å². The molecule has 130 valence electrons. The zero-order chi connectivity index (χ0) is 17.6. The Morgan fingerprint density at radius 3 is 2.42 bits per heavy atom. The number of rotatable bonds is 5. The van der Waals surface area contributed by atoms with E-state index in [4.69, 9.17) is 0 Å². The molecule has 0 bridgehead atoms. The lowest BCUT2D eigenvalue weighted by Gasteiger charge is -2.03. The quantitative estimate of drug-likeness (QED) is 0.563. The van der Waals surface area contributed by atoms with Gasteiger partial charge in [-0.15, -0.1) is 8.58 Å². The highest BCUT2D eigenvalue weighted by molar-refractivity contribution is 7.36. The number of anilines is 1. The van der Waals surface area contributed by atoms with E-state index in [0.29, 0.717) is 0 Å². The van der Waals surface area contributed by atoms with E-state index >= 15 is 0 Å². The molecule has 1 atom stereocenters. The van der Waals surface area contributed by atoms with Crippen molar-refractivity contribution in [1.82, 2.24) is 9.36 Å². The molecule has 24 heavy (non-hydrogen) atoms. The average Bonchev–Trinajstić information content (AvgIpc) is 3.07. The van der Waals surface area contributed by atoms with Gasteiger partial charge in [-0.05, 0) is 54.2 Å². The number of aromatic nitrogens is 2. The van der Waals surface area contributed by atoms with Gasteiger partial charge in [0.1, 0.15) is 5.82 Å². The molecule has 0 saturated heterocycles. The number of benzene rings is 1. The Morgan fingerprint density at radius 1 is 1.08 bits per heavy atom. The van der Waals surface area contributed by atoms with Gasteiger partial charge in [-0.25, -0.2) is 0 Å². The van der Waals surface area contributed by atoms with Gasteiger partial charge in [-0.3, -0.25) is 4.98 Å². The smallest absolute Gasteiger partial charge is 0.147 e. The summed E-state index contributed by atoms with van der Waals surface area (Å²) < 4.78 is 5.64. The van der Waals surface area contributed by atoms with Crippen LogP contribution in [-0.2, 0) is 6.54 Å². The van der Waals surface area contributed by atoms with Gasteiger partial charge in [0.25, 0.3) is 0 Å². The second-order valence-corrected chi connectivity index (χ2v) is 6.85. The molecule has 2 aromatic heterocycles. The van der Waals surface area contributed by atoms with Crippen molar-refractivity contribution in [3.8, 4) is 0 Å². The van der Waals surface area contributed by atoms with Gasteiger partial charge >= 0.3 is 0 Å². The lowest BCUT2D eigenvalue weighted by atomic mass is 10.2. The summed E-state index contributed by atoms with van der Waals surface area (Å²) >= 11 is 1.52. The van der Waals surface area contributed by atoms with Crippen LogP contribution >= 0.6 is 20.1 Å². The van der Waals surface area contributed by atoms with Gasteiger partial charge in [0.15, 0.2) is 0 Å². The summed E-state index contributed by atoms with van der Waals surface area (Å²) in [5.74, 6) is 0.961. The van der Waals surface area contributed by atoms with E-state index in [1.165, 1.54) is 39.8 Å². The molecule has 2 heterocycles. The molecule has 1 aromatic carbocycles. The molecule has 1 unspecified atom stereocenters. The first-order valence-electron chi connectivity index (χ1n) is 8.47. The van der Waals surface area contributed by atoms with Crippen molar-refractivity contribution in [2.24, 2.45) is 0 Å². The van der Waals surface area contributed by atoms with Crippen LogP contribution in [0, 0.1) is 0 Å². The topological polar surface area (TPSA) is 37.8 Å². The molecule has 5 heteroatoms. The number of nitrogens with zero attached hydrogens (tertiary/aromatic N) is 2. The molecule has 0 aliphatic heterocycles. The second kappa shape index (κ2) is 12.9. The Hall–Kier alpha value is -1.51. The Kier molecular flexibility index (Phi) is 11.0. The monoisotopic (exact) mass is 361 g/mol. The van der Waals surface area contributed by atoms with Gasteiger partial charge in [0.2, 0.25) is 0 Å². The molecule has 3 aromatic rings. The highest BCUT2D eigenvalue weighted by Gasteiger charge is 2.04. The first-order chi connectivity index (χ1) is 11.8. The SMILES string of the molecule is CC.CCCPC.c1ccc2c(NCc3ccncc3)nsc2c1. The van der Waals surface area contributed by atoms with Crippen LogP contribution in [0.15, 0.2) is 48.8 Å². The van der Waals surface area contributed by atoms with Gasteiger partial charge in [-0.1, -0.05) is 39.3 Å². The fraction of sp³-hybridized carbons (Fsp3) is 0.368. The third kappa shape index (κ3) is 6.94. The zero-order valence-electron chi connectivity index (χ0n) is 15.0. The van der Waals surface area contributed by atoms with Crippen molar-refractivity contribution < 1.29 is 0 Å². The lowest BCUT2D eigenvalue weighted by Crippen LogP contribution is -1.99. The molecule has 3 rings (SSSR count). The number of hydrogen-bond donors (Lipinski definition) is 1. The maximum Gasteiger partial charge on any atom is 0.147 e. The number of hydrogen-bond acceptors (Lipinski definition) is 4. The predicted octanol–water partition coefficient (Wildman–Crippen LogP) is 6.03. The molecule has 0 aliphatic carbocycles. The van der Waals surface area contributed by atoms with E-state index in [2.05, 4.69) is 40.4 Å². The summed E-state index contributed by atoms with van der Waals surface area (Å²) in [5.41, 5.74) is 1.21. The van der Waals surface area contributed by atoms with E-state index in [9.17, 15) is 0 Å². The number of nitrogens with one attached hydrogen (secondary N) is 1. The van der Waals surface area contributed by atoms with E-state index < -0.39 is 0 Å². The fourth-order valence-corrected chi connectivity index (χ4v) is 3.20. The Labute approximate surface area is 151 Å². The number of fused-ring (bicyclic) bond motifs is 1. The minimum absolute atomic E-state index is 0.774. The normalized spacial score (nSPS) is 10.0. The molecular formula is C19H28N3PS. The van der Waals surface area contributed by atoms with E-state index in [1.54, 1.807) is 12.4 Å². The summed E-state index contributed by atoms with van der Waals surface area (Å²) in [7, 11) is 1.16. The second-order valence-electron chi connectivity index (χ2n) is 4.84. The van der Waals surface area contributed by atoms with Crippen LogP contribution in [0.5, 0.6) is 0 Å². The molecule has 0 spiro atoms. The molecule has 0 amide bonds. The highest BCUT2D eigenvalue weighted by Crippen LogP contribution is 2.26. The van der Waals surface area contributed by atoms with E-state index in [1.807, 2.05) is 38.1 Å². The Bertz CT molecular complexity index is 668. The summed E-state index contributed by atoms with van der Waals surface area (Å²) in [6, 6.07) is 12.3.